The van der Waals surface area contributed by atoms with Crippen LogP contribution >= 0.6 is 15.9 Å². The smallest absolute Gasteiger partial charge is 0.251 e. The first-order chi connectivity index (χ1) is 9.52. The van der Waals surface area contributed by atoms with E-state index in [1.807, 2.05) is 0 Å². The van der Waals surface area contributed by atoms with Crippen molar-refractivity contribution >= 4 is 27.7 Å². The van der Waals surface area contributed by atoms with Gasteiger partial charge in [0.05, 0.1) is 4.47 Å². The molecule has 1 aliphatic rings. The van der Waals surface area contributed by atoms with E-state index in [1.165, 1.54) is 6.07 Å². The van der Waals surface area contributed by atoms with E-state index in [9.17, 15) is 9.90 Å². The highest BCUT2D eigenvalue weighted by Crippen LogP contribution is 2.27. The van der Waals surface area contributed by atoms with E-state index in [-0.39, 0.29) is 29.5 Å². The van der Waals surface area contributed by atoms with Crippen molar-refractivity contribution in [3.8, 4) is 5.75 Å². The maximum absolute atomic E-state index is 12.1. The van der Waals surface area contributed by atoms with Crippen LogP contribution in [0, 0.1) is 5.92 Å². The number of hydrogen-bond acceptors (Lipinski definition) is 4. The molecule has 1 saturated carbocycles. The van der Waals surface area contributed by atoms with Crippen LogP contribution in [-0.4, -0.2) is 28.1 Å². The maximum Gasteiger partial charge on any atom is 0.251 e. The average molecular weight is 342 g/mol. The molecule has 1 aliphatic carbocycles. The number of nitrogens with two attached hydrogens (primary N) is 1. The van der Waals surface area contributed by atoms with Gasteiger partial charge in [-0.25, -0.2) is 0 Å². The highest BCUT2D eigenvalue weighted by Gasteiger charge is 2.32. The molecular weight excluding hydrogens is 326 g/mol. The van der Waals surface area contributed by atoms with Gasteiger partial charge in [0.15, 0.2) is 0 Å². The van der Waals surface area contributed by atoms with Gasteiger partial charge in [-0.05, 0) is 47.0 Å². The zero-order chi connectivity index (χ0) is 14.7. The van der Waals surface area contributed by atoms with Crippen molar-refractivity contribution in [2.45, 2.75) is 25.3 Å². The lowest BCUT2D eigenvalue weighted by atomic mass is 10.0. The molecule has 20 heavy (non-hydrogen) atoms. The molecule has 0 bridgehead atoms. The van der Waals surface area contributed by atoms with Crippen LogP contribution in [0.2, 0.25) is 0 Å². The Kier molecular flexibility index (Phi) is 4.49. The van der Waals surface area contributed by atoms with Gasteiger partial charge in [-0.3, -0.25) is 4.79 Å². The molecule has 1 fully saturated rings. The Balaban J connectivity index is 2.09. The number of phenolic OH excluding ortho intramolecular Hbond substituents is 1. The van der Waals surface area contributed by atoms with Gasteiger partial charge in [0.1, 0.15) is 11.6 Å². The summed E-state index contributed by atoms with van der Waals surface area (Å²) < 4.78 is 0.532. The molecule has 0 heterocycles. The van der Waals surface area contributed by atoms with Crippen molar-refractivity contribution in [2.24, 2.45) is 16.8 Å². The van der Waals surface area contributed by atoms with Crippen LogP contribution in [0.5, 0.6) is 5.75 Å². The molecule has 0 saturated heterocycles. The van der Waals surface area contributed by atoms with E-state index in [1.54, 1.807) is 12.1 Å². The van der Waals surface area contributed by atoms with Crippen LogP contribution < -0.4 is 11.1 Å². The lowest BCUT2D eigenvalue weighted by Crippen LogP contribution is -2.42. The molecule has 2 unspecified atom stereocenters. The van der Waals surface area contributed by atoms with Crippen LogP contribution in [0.1, 0.15) is 29.6 Å². The molecule has 5 N–H and O–H groups in total. The molecule has 0 spiro atoms. The van der Waals surface area contributed by atoms with E-state index in [2.05, 4.69) is 26.4 Å². The number of hydrogen-bond donors (Lipinski definition) is 4. The van der Waals surface area contributed by atoms with Gasteiger partial charge in [-0.2, -0.15) is 0 Å². The molecule has 0 radical (unpaired) electrons. The van der Waals surface area contributed by atoms with E-state index in [4.69, 9.17) is 10.9 Å². The zero-order valence-electron chi connectivity index (χ0n) is 10.7. The van der Waals surface area contributed by atoms with Crippen molar-refractivity contribution < 1.29 is 15.1 Å². The molecule has 1 amide bonds. The van der Waals surface area contributed by atoms with Crippen molar-refractivity contribution in [3.63, 3.8) is 0 Å². The highest BCUT2D eigenvalue weighted by atomic mass is 79.9. The summed E-state index contributed by atoms with van der Waals surface area (Å²) in [5.41, 5.74) is 6.00. The van der Waals surface area contributed by atoms with Crippen molar-refractivity contribution in [1.82, 2.24) is 5.32 Å². The molecule has 2 atom stereocenters. The van der Waals surface area contributed by atoms with Crippen LogP contribution in [0.15, 0.2) is 27.8 Å². The summed E-state index contributed by atoms with van der Waals surface area (Å²) in [5, 5.41) is 24.2. The summed E-state index contributed by atoms with van der Waals surface area (Å²) in [6, 6.07) is 4.48. The molecular formula is C13H16BrN3O3. The summed E-state index contributed by atoms with van der Waals surface area (Å²) in [7, 11) is 0. The number of nitrogens with zero attached hydrogens (tertiary/aromatic N) is 1. The Bertz CT molecular complexity index is 548. The molecule has 7 heteroatoms. The molecule has 1 aromatic carbocycles. The fraction of sp³-hybridized carbons (Fsp3) is 0.385. The first kappa shape index (κ1) is 14.6. The Morgan fingerprint density at radius 3 is 2.85 bits per heavy atom. The number of oxime groups is 1. The first-order valence-electron chi connectivity index (χ1n) is 6.29. The largest absolute Gasteiger partial charge is 0.507 e. The van der Waals surface area contributed by atoms with Crippen molar-refractivity contribution in [2.75, 3.05) is 0 Å². The first-order valence-corrected chi connectivity index (χ1v) is 7.09. The third kappa shape index (κ3) is 3.04. The SMILES string of the molecule is N/C(=N/O)C1CCCC1NC(=O)c1ccc(Br)c(O)c1. The van der Waals surface area contributed by atoms with E-state index in [0.29, 0.717) is 10.0 Å². The molecule has 2 rings (SSSR count). The lowest BCUT2D eigenvalue weighted by molar-refractivity contribution is 0.0933. The second kappa shape index (κ2) is 6.13. The number of benzene rings is 1. The zero-order valence-corrected chi connectivity index (χ0v) is 12.3. The van der Waals surface area contributed by atoms with Gasteiger partial charge in [-0.15, -0.1) is 0 Å². The summed E-state index contributed by atoms with van der Waals surface area (Å²) in [4.78, 5) is 12.1. The standard InChI is InChI=1S/C13H16BrN3O3/c14-9-5-4-7(6-11(9)18)13(19)16-10-3-1-2-8(10)12(15)17-20/h4-6,8,10,18,20H,1-3H2,(H2,15,17)(H,16,19). The van der Waals surface area contributed by atoms with Gasteiger partial charge in [0, 0.05) is 17.5 Å². The predicted octanol–water partition coefficient (Wildman–Crippen LogP) is 1.80. The Labute approximate surface area is 124 Å². The van der Waals surface area contributed by atoms with E-state index >= 15 is 0 Å². The Hall–Kier alpha value is -1.76. The Morgan fingerprint density at radius 1 is 1.45 bits per heavy atom. The van der Waals surface area contributed by atoms with Gasteiger partial charge in [0.2, 0.25) is 0 Å². The monoisotopic (exact) mass is 341 g/mol. The van der Waals surface area contributed by atoms with Gasteiger partial charge < -0.3 is 21.4 Å². The van der Waals surface area contributed by atoms with Crippen LogP contribution in [0.4, 0.5) is 0 Å². The van der Waals surface area contributed by atoms with Crippen molar-refractivity contribution in [3.05, 3.63) is 28.2 Å². The minimum absolute atomic E-state index is 0.0112. The number of carbonyl (C=O) groups excluding carboxylic acids is 1. The normalized spacial score (nSPS) is 22.8. The summed E-state index contributed by atoms with van der Waals surface area (Å²) >= 11 is 3.16. The third-order valence-corrected chi connectivity index (χ3v) is 4.21. The van der Waals surface area contributed by atoms with Gasteiger partial charge in [-0.1, -0.05) is 11.6 Å². The molecule has 0 aromatic heterocycles. The number of halogens is 1. The summed E-state index contributed by atoms with van der Waals surface area (Å²) in [6.45, 7) is 0. The van der Waals surface area contributed by atoms with Crippen LogP contribution in [0.25, 0.3) is 0 Å². The number of carbonyl (C=O) groups is 1. The summed E-state index contributed by atoms with van der Waals surface area (Å²) in [6.07, 6.45) is 2.49. The van der Waals surface area contributed by atoms with Gasteiger partial charge >= 0.3 is 0 Å². The lowest BCUT2D eigenvalue weighted by Gasteiger charge is -2.19. The molecule has 1 aromatic rings. The summed E-state index contributed by atoms with van der Waals surface area (Å²) in [5.74, 6) is -0.271. The third-order valence-electron chi connectivity index (χ3n) is 3.54. The van der Waals surface area contributed by atoms with Crippen LogP contribution in [-0.2, 0) is 0 Å². The fourth-order valence-corrected chi connectivity index (χ4v) is 2.71. The predicted molar refractivity (Wildman–Crippen MR) is 77.8 cm³/mol. The highest BCUT2D eigenvalue weighted by molar-refractivity contribution is 9.10. The molecule has 6 nitrogen and oxygen atoms in total. The number of rotatable bonds is 3. The van der Waals surface area contributed by atoms with Crippen molar-refractivity contribution in [1.29, 1.82) is 0 Å². The molecule has 0 aliphatic heterocycles. The number of amides is 1. The Morgan fingerprint density at radius 2 is 2.20 bits per heavy atom. The average Bonchev–Trinajstić information content (AvgIpc) is 2.89. The molecule has 108 valence electrons. The topological polar surface area (TPSA) is 108 Å². The number of phenols is 1. The number of amidine groups is 1. The second-order valence-electron chi connectivity index (χ2n) is 4.81. The second-order valence-corrected chi connectivity index (χ2v) is 5.66. The number of aromatic hydroxyl groups is 1. The minimum atomic E-state index is -0.282. The quantitative estimate of drug-likeness (QED) is 0.291. The minimum Gasteiger partial charge on any atom is -0.507 e. The fourth-order valence-electron chi connectivity index (χ4n) is 2.47. The van der Waals surface area contributed by atoms with Crippen LogP contribution in [0.3, 0.4) is 0 Å². The van der Waals surface area contributed by atoms with E-state index < -0.39 is 0 Å². The maximum atomic E-state index is 12.1. The van der Waals surface area contributed by atoms with Gasteiger partial charge in [0.25, 0.3) is 5.91 Å². The number of nitrogens with one attached hydrogen (secondary N) is 1. The van der Waals surface area contributed by atoms with E-state index in [0.717, 1.165) is 19.3 Å².